The fourth-order valence-corrected chi connectivity index (χ4v) is 4.70. The summed E-state index contributed by atoms with van der Waals surface area (Å²) in [6, 6.07) is 18.7. The topological polar surface area (TPSA) is 117 Å². The minimum atomic E-state index is -0.828. The van der Waals surface area contributed by atoms with E-state index in [-0.39, 0.29) is 53.7 Å². The van der Waals surface area contributed by atoms with Gasteiger partial charge in [-0.05, 0) is 30.9 Å². The summed E-state index contributed by atoms with van der Waals surface area (Å²) < 4.78 is 12.4. The molecule has 0 aliphatic carbocycles. The number of esters is 1. The summed E-state index contributed by atoms with van der Waals surface area (Å²) in [5, 5.41) is 4.42. The van der Waals surface area contributed by atoms with E-state index in [2.05, 4.69) is 5.10 Å². The average molecular weight is 555 g/mol. The normalized spacial score (nSPS) is 15.6. The van der Waals surface area contributed by atoms with Crippen LogP contribution in [0.2, 0.25) is 0 Å². The third-order valence-electron chi connectivity index (χ3n) is 6.85. The molecule has 2 atom stereocenters. The summed E-state index contributed by atoms with van der Waals surface area (Å²) in [6.07, 6.45) is 1.14. The maximum atomic E-state index is 13.7. The Morgan fingerprint density at radius 2 is 1.56 bits per heavy atom. The number of fused-ring (bicyclic) bond motifs is 1. The maximum absolute atomic E-state index is 13.7. The minimum Gasteiger partial charge on any atom is -0.451 e. The van der Waals surface area contributed by atoms with Crippen LogP contribution in [0.5, 0.6) is 5.75 Å². The van der Waals surface area contributed by atoms with Crippen molar-refractivity contribution >= 4 is 24.3 Å². The Balaban J connectivity index is 0.00000420. The van der Waals surface area contributed by atoms with Crippen molar-refractivity contribution in [2.24, 2.45) is 11.7 Å². The zero-order valence-electron chi connectivity index (χ0n) is 22.5. The molecular weight excluding hydrogens is 520 g/mol. The van der Waals surface area contributed by atoms with Gasteiger partial charge >= 0.3 is 5.97 Å². The first-order chi connectivity index (χ1) is 18.2. The van der Waals surface area contributed by atoms with Crippen molar-refractivity contribution in [3.05, 3.63) is 93.9 Å². The van der Waals surface area contributed by atoms with Crippen molar-refractivity contribution in [2.75, 3.05) is 13.3 Å². The predicted molar refractivity (Wildman–Crippen MR) is 150 cm³/mol. The van der Waals surface area contributed by atoms with E-state index in [9.17, 15) is 14.4 Å². The SMILES string of the molecule is CC(C)[C@H](N)C(=O)OCOc1c2n(ncc1=O)[C@@H](C(c1ccccc1)c1ccccc1)CN(C(C)C)C2=O.Cl. The molecule has 0 spiro atoms. The van der Waals surface area contributed by atoms with Gasteiger partial charge in [0.2, 0.25) is 18.0 Å². The maximum Gasteiger partial charge on any atom is 0.326 e. The summed E-state index contributed by atoms with van der Waals surface area (Å²) >= 11 is 0. The van der Waals surface area contributed by atoms with E-state index in [4.69, 9.17) is 15.2 Å². The molecule has 2 heterocycles. The molecule has 1 aliphatic heterocycles. The van der Waals surface area contributed by atoms with Crippen LogP contribution in [-0.4, -0.2) is 52.0 Å². The first-order valence-corrected chi connectivity index (χ1v) is 12.8. The van der Waals surface area contributed by atoms with Gasteiger partial charge in [-0.1, -0.05) is 74.5 Å². The summed E-state index contributed by atoms with van der Waals surface area (Å²) in [7, 11) is 0. The predicted octanol–water partition coefficient (Wildman–Crippen LogP) is 3.77. The standard InChI is InChI=1S/C29H34N4O5.ClH/c1-18(2)25(30)29(36)38-17-37-27-23(34)15-31-33-22(16-32(19(3)4)28(35)26(27)33)24(20-11-7-5-8-12-20)21-13-9-6-10-14-21;/h5-15,18-19,22,24-25H,16-17,30H2,1-4H3;1H/t22-,25+;/m1./s1. The fraction of sp³-hybridized carbons (Fsp3) is 0.379. The number of hydrogen-bond acceptors (Lipinski definition) is 7. The summed E-state index contributed by atoms with van der Waals surface area (Å²) in [6.45, 7) is 7.28. The van der Waals surface area contributed by atoms with Gasteiger partial charge in [-0.25, -0.2) is 0 Å². The van der Waals surface area contributed by atoms with Crippen LogP contribution >= 0.6 is 12.4 Å². The van der Waals surface area contributed by atoms with Crippen molar-refractivity contribution < 1.29 is 19.1 Å². The molecule has 208 valence electrons. The molecule has 1 aromatic heterocycles. The van der Waals surface area contributed by atoms with E-state index < -0.39 is 24.2 Å². The highest BCUT2D eigenvalue weighted by molar-refractivity contribution is 5.96. The number of amides is 1. The Morgan fingerprint density at radius 1 is 1.00 bits per heavy atom. The molecule has 9 nitrogen and oxygen atoms in total. The molecular formula is C29H35ClN4O5. The van der Waals surface area contributed by atoms with Crippen LogP contribution in [-0.2, 0) is 9.53 Å². The molecule has 1 amide bonds. The van der Waals surface area contributed by atoms with E-state index in [1.807, 2.05) is 74.5 Å². The lowest BCUT2D eigenvalue weighted by Gasteiger charge is -2.41. The lowest BCUT2D eigenvalue weighted by Crippen LogP contribution is -2.50. The number of nitrogens with zero attached hydrogens (tertiary/aromatic N) is 3. The number of ether oxygens (including phenoxy) is 2. The molecule has 1 aliphatic rings. The molecule has 2 N–H and O–H groups in total. The quantitative estimate of drug-likeness (QED) is 0.316. The van der Waals surface area contributed by atoms with Gasteiger partial charge in [0.05, 0.1) is 12.2 Å². The van der Waals surface area contributed by atoms with E-state index in [1.165, 1.54) is 0 Å². The molecule has 0 fully saturated rings. The highest BCUT2D eigenvalue weighted by Gasteiger charge is 2.41. The second kappa shape index (κ2) is 12.9. The molecule has 4 rings (SSSR count). The van der Waals surface area contributed by atoms with Gasteiger partial charge in [-0.2, -0.15) is 5.10 Å². The lowest BCUT2D eigenvalue weighted by molar-refractivity contribution is -0.152. The van der Waals surface area contributed by atoms with E-state index in [0.29, 0.717) is 6.54 Å². The number of rotatable bonds is 9. The third kappa shape index (κ3) is 6.32. The molecule has 2 aromatic carbocycles. The molecule has 0 saturated carbocycles. The van der Waals surface area contributed by atoms with Gasteiger partial charge in [-0.15, -0.1) is 12.4 Å². The van der Waals surface area contributed by atoms with Crippen molar-refractivity contribution in [3.63, 3.8) is 0 Å². The minimum absolute atomic E-state index is 0. The summed E-state index contributed by atoms with van der Waals surface area (Å²) in [4.78, 5) is 40.5. The van der Waals surface area contributed by atoms with E-state index >= 15 is 0 Å². The third-order valence-corrected chi connectivity index (χ3v) is 6.85. The lowest BCUT2D eigenvalue weighted by atomic mass is 9.83. The molecule has 10 heteroatoms. The molecule has 0 saturated heterocycles. The number of carbonyl (C=O) groups excluding carboxylic acids is 2. The number of benzene rings is 2. The second-order valence-corrected chi connectivity index (χ2v) is 10.0. The van der Waals surface area contributed by atoms with Gasteiger partial charge in [0.15, 0.2) is 5.69 Å². The van der Waals surface area contributed by atoms with Crippen LogP contribution in [0.1, 0.15) is 61.3 Å². The Morgan fingerprint density at radius 3 is 2.08 bits per heavy atom. The molecule has 0 radical (unpaired) electrons. The van der Waals surface area contributed by atoms with Crippen molar-refractivity contribution in [1.82, 2.24) is 14.7 Å². The molecule has 0 bridgehead atoms. The van der Waals surface area contributed by atoms with Gasteiger partial charge in [-0.3, -0.25) is 19.1 Å². The highest BCUT2D eigenvalue weighted by atomic mass is 35.5. The van der Waals surface area contributed by atoms with E-state index in [0.717, 1.165) is 17.3 Å². The monoisotopic (exact) mass is 554 g/mol. The average Bonchev–Trinajstić information content (AvgIpc) is 2.91. The number of nitrogens with two attached hydrogens (primary N) is 1. The van der Waals surface area contributed by atoms with Crippen LogP contribution in [0.15, 0.2) is 71.7 Å². The Labute approximate surface area is 234 Å². The second-order valence-electron chi connectivity index (χ2n) is 10.0. The number of halogens is 1. The van der Waals surface area contributed by atoms with Crippen LogP contribution in [0.4, 0.5) is 0 Å². The van der Waals surface area contributed by atoms with Crippen LogP contribution in [0.3, 0.4) is 0 Å². The summed E-state index contributed by atoms with van der Waals surface area (Å²) in [5.74, 6) is -1.52. The molecule has 39 heavy (non-hydrogen) atoms. The van der Waals surface area contributed by atoms with Crippen molar-refractivity contribution in [2.45, 2.75) is 51.7 Å². The fourth-order valence-electron chi connectivity index (χ4n) is 4.70. The van der Waals surface area contributed by atoms with Gasteiger partial charge < -0.3 is 20.1 Å². The Hall–Kier alpha value is -3.69. The first-order valence-electron chi connectivity index (χ1n) is 12.8. The van der Waals surface area contributed by atoms with E-state index in [1.54, 1.807) is 23.4 Å². The summed E-state index contributed by atoms with van der Waals surface area (Å²) in [5.41, 5.74) is 7.40. The van der Waals surface area contributed by atoms with Crippen LogP contribution < -0.4 is 15.9 Å². The number of hydrogen-bond donors (Lipinski definition) is 1. The van der Waals surface area contributed by atoms with Crippen LogP contribution in [0.25, 0.3) is 0 Å². The molecule has 0 unspecified atom stereocenters. The highest BCUT2D eigenvalue weighted by Crippen LogP contribution is 2.39. The number of aromatic nitrogens is 2. The Kier molecular flexibility index (Phi) is 9.88. The molecule has 3 aromatic rings. The van der Waals surface area contributed by atoms with Crippen molar-refractivity contribution in [1.29, 1.82) is 0 Å². The zero-order valence-corrected chi connectivity index (χ0v) is 23.3. The van der Waals surface area contributed by atoms with Gasteiger partial charge in [0.25, 0.3) is 5.91 Å². The van der Waals surface area contributed by atoms with Crippen LogP contribution in [0, 0.1) is 5.92 Å². The first kappa shape index (κ1) is 29.9. The van der Waals surface area contributed by atoms with Gasteiger partial charge in [0, 0.05) is 18.5 Å². The Bertz CT molecular complexity index is 1290. The van der Waals surface area contributed by atoms with Gasteiger partial charge in [0.1, 0.15) is 6.04 Å². The number of carbonyl (C=O) groups is 2. The smallest absolute Gasteiger partial charge is 0.326 e. The zero-order chi connectivity index (χ0) is 27.4. The largest absolute Gasteiger partial charge is 0.451 e. The van der Waals surface area contributed by atoms with Crippen molar-refractivity contribution in [3.8, 4) is 5.75 Å².